The van der Waals surface area contributed by atoms with Crippen molar-refractivity contribution in [1.82, 2.24) is 0 Å². The predicted molar refractivity (Wildman–Crippen MR) is 66.4 cm³/mol. The summed E-state index contributed by atoms with van der Waals surface area (Å²) < 4.78 is 6.33. The molecule has 1 rings (SSSR count). The summed E-state index contributed by atoms with van der Waals surface area (Å²) >= 11 is 2.11. The summed E-state index contributed by atoms with van der Waals surface area (Å²) in [5.74, 6) is -0.336. The van der Waals surface area contributed by atoms with Gasteiger partial charge in [0.1, 0.15) is 5.75 Å². The largest absolute Gasteiger partial charge is 0.492 e. The lowest BCUT2D eigenvalue weighted by atomic mass is 10.2. The zero-order valence-corrected chi connectivity index (χ0v) is 10.2. The highest BCUT2D eigenvalue weighted by Crippen LogP contribution is 2.22. The first-order valence-corrected chi connectivity index (χ1v) is 5.49. The molecule has 0 aromatic heterocycles. The van der Waals surface area contributed by atoms with Crippen LogP contribution in [-0.4, -0.2) is 17.7 Å². The Morgan fingerprint density at radius 3 is 2.93 bits per heavy atom. The highest BCUT2D eigenvalue weighted by molar-refractivity contribution is 14.1. The second-order valence-electron chi connectivity index (χ2n) is 2.88. The van der Waals surface area contributed by atoms with Crippen LogP contribution in [0, 0.1) is 3.57 Å². The Morgan fingerprint density at radius 2 is 2.33 bits per heavy atom. The van der Waals surface area contributed by atoms with E-state index in [0.29, 0.717) is 12.4 Å². The Morgan fingerprint density at radius 1 is 1.60 bits per heavy atom. The lowest BCUT2D eigenvalue weighted by molar-refractivity contribution is 0.0696. The van der Waals surface area contributed by atoms with E-state index in [1.807, 2.05) is 0 Å². The maximum absolute atomic E-state index is 10.7. The number of ether oxygens (including phenoxy) is 1. The van der Waals surface area contributed by atoms with Crippen LogP contribution in [0.1, 0.15) is 16.8 Å². The molecule has 0 unspecified atom stereocenters. The first kappa shape index (κ1) is 12.0. The van der Waals surface area contributed by atoms with Crippen LogP contribution in [0.25, 0.3) is 0 Å². The van der Waals surface area contributed by atoms with Gasteiger partial charge in [-0.15, -0.1) is 6.58 Å². The van der Waals surface area contributed by atoms with E-state index < -0.39 is 5.97 Å². The number of halogens is 1. The molecule has 4 heteroatoms. The summed E-state index contributed by atoms with van der Waals surface area (Å²) in [6.45, 7) is 4.10. The number of carboxylic acids is 1. The van der Waals surface area contributed by atoms with Crippen LogP contribution in [0.4, 0.5) is 0 Å². The van der Waals surface area contributed by atoms with Crippen LogP contribution in [-0.2, 0) is 0 Å². The maximum Gasteiger partial charge on any atom is 0.335 e. The molecule has 1 aromatic carbocycles. The maximum atomic E-state index is 10.7. The Kier molecular flexibility index (Phi) is 4.61. The number of rotatable bonds is 5. The molecule has 1 aromatic rings. The van der Waals surface area contributed by atoms with Crippen LogP contribution in [0.5, 0.6) is 5.75 Å². The number of hydrogen-bond acceptors (Lipinski definition) is 2. The highest BCUT2D eigenvalue weighted by atomic mass is 127. The molecule has 0 spiro atoms. The molecule has 0 aliphatic carbocycles. The molecule has 0 aliphatic rings. The first-order valence-electron chi connectivity index (χ1n) is 4.41. The van der Waals surface area contributed by atoms with Gasteiger partial charge in [-0.1, -0.05) is 6.08 Å². The van der Waals surface area contributed by atoms with E-state index >= 15 is 0 Å². The van der Waals surface area contributed by atoms with Crippen LogP contribution < -0.4 is 4.74 Å². The first-order chi connectivity index (χ1) is 7.15. The summed E-state index contributed by atoms with van der Waals surface area (Å²) in [6, 6.07) is 4.82. The van der Waals surface area contributed by atoms with E-state index in [2.05, 4.69) is 29.2 Å². The normalized spacial score (nSPS) is 9.67. The molecule has 0 saturated carbocycles. The SMILES string of the molecule is C=CCCOc1cc(C(=O)O)ccc1I. The molecule has 3 nitrogen and oxygen atoms in total. The van der Waals surface area contributed by atoms with E-state index in [4.69, 9.17) is 9.84 Å². The number of aromatic carboxylic acids is 1. The average molecular weight is 318 g/mol. The van der Waals surface area contributed by atoms with Gasteiger partial charge in [0.2, 0.25) is 0 Å². The monoisotopic (exact) mass is 318 g/mol. The third kappa shape index (κ3) is 3.54. The van der Waals surface area contributed by atoms with Gasteiger partial charge < -0.3 is 9.84 Å². The van der Waals surface area contributed by atoms with Crippen LogP contribution in [0.3, 0.4) is 0 Å². The quantitative estimate of drug-likeness (QED) is 0.516. The van der Waals surface area contributed by atoms with Crippen LogP contribution in [0.2, 0.25) is 0 Å². The average Bonchev–Trinajstić information content (AvgIpc) is 2.20. The molecule has 0 bridgehead atoms. The predicted octanol–water partition coefficient (Wildman–Crippen LogP) is 2.94. The summed E-state index contributed by atoms with van der Waals surface area (Å²) in [5, 5.41) is 8.80. The summed E-state index contributed by atoms with van der Waals surface area (Å²) in [5.41, 5.74) is 0.240. The Labute approximate surface area is 102 Å². The lowest BCUT2D eigenvalue weighted by Gasteiger charge is -2.07. The van der Waals surface area contributed by atoms with Gasteiger partial charge in [0, 0.05) is 0 Å². The van der Waals surface area contributed by atoms with Gasteiger partial charge in [-0.25, -0.2) is 4.79 Å². The summed E-state index contributed by atoms with van der Waals surface area (Å²) in [7, 11) is 0. The molecule has 80 valence electrons. The van der Waals surface area contributed by atoms with E-state index in [-0.39, 0.29) is 5.56 Å². The van der Waals surface area contributed by atoms with Crippen molar-refractivity contribution in [2.75, 3.05) is 6.61 Å². The number of carbonyl (C=O) groups is 1. The Balaban J connectivity index is 2.80. The molecule has 0 saturated heterocycles. The Hall–Kier alpha value is -1.04. The van der Waals surface area contributed by atoms with E-state index in [1.165, 1.54) is 6.07 Å². The molecule has 0 aliphatic heterocycles. The van der Waals surface area contributed by atoms with Gasteiger partial charge in [0.25, 0.3) is 0 Å². The smallest absolute Gasteiger partial charge is 0.335 e. The lowest BCUT2D eigenvalue weighted by Crippen LogP contribution is -2.01. The summed E-state index contributed by atoms with van der Waals surface area (Å²) in [6.07, 6.45) is 2.50. The minimum atomic E-state index is -0.944. The fourth-order valence-corrected chi connectivity index (χ4v) is 1.49. The molecule has 0 atom stereocenters. The fourth-order valence-electron chi connectivity index (χ4n) is 0.999. The minimum absolute atomic E-state index is 0.240. The van der Waals surface area contributed by atoms with Crippen molar-refractivity contribution < 1.29 is 14.6 Å². The van der Waals surface area contributed by atoms with E-state index in [9.17, 15) is 4.79 Å². The number of carboxylic acid groups (broad SMARTS) is 1. The summed E-state index contributed by atoms with van der Waals surface area (Å²) in [4.78, 5) is 10.7. The zero-order valence-electron chi connectivity index (χ0n) is 8.07. The van der Waals surface area contributed by atoms with Crippen molar-refractivity contribution in [3.8, 4) is 5.75 Å². The second kappa shape index (κ2) is 5.75. The molecule has 0 fully saturated rings. The zero-order chi connectivity index (χ0) is 11.3. The van der Waals surface area contributed by atoms with Gasteiger partial charge in [-0.3, -0.25) is 0 Å². The molecule has 0 radical (unpaired) electrons. The second-order valence-corrected chi connectivity index (χ2v) is 4.04. The third-order valence-electron chi connectivity index (χ3n) is 1.76. The molecular formula is C11H11IO3. The van der Waals surface area contributed by atoms with Crippen molar-refractivity contribution in [1.29, 1.82) is 0 Å². The van der Waals surface area contributed by atoms with Crippen LogP contribution >= 0.6 is 22.6 Å². The Bertz CT molecular complexity index is 374. The molecule has 1 N–H and O–H groups in total. The van der Waals surface area contributed by atoms with E-state index in [0.717, 1.165) is 9.99 Å². The van der Waals surface area contributed by atoms with Gasteiger partial charge in [-0.05, 0) is 47.2 Å². The number of hydrogen-bond donors (Lipinski definition) is 1. The standard InChI is InChI=1S/C11H11IO3/c1-2-3-6-15-10-7-8(11(13)14)4-5-9(10)12/h2,4-5,7H,1,3,6H2,(H,13,14). The highest BCUT2D eigenvalue weighted by Gasteiger charge is 2.07. The minimum Gasteiger partial charge on any atom is -0.492 e. The van der Waals surface area contributed by atoms with Gasteiger partial charge in [0.05, 0.1) is 15.7 Å². The van der Waals surface area contributed by atoms with E-state index in [1.54, 1.807) is 18.2 Å². The third-order valence-corrected chi connectivity index (χ3v) is 2.65. The van der Waals surface area contributed by atoms with Crippen LogP contribution in [0.15, 0.2) is 30.9 Å². The van der Waals surface area contributed by atoms with Gasteiger partial charge in [0.15, 0.2) is 0 Å². The molecule has 15 heavy (non-hydrogen) atoms. The topological polar surface area (TPSA) is 46.5 Å². The van der Waals surface area contributed by atoms with Crippen molar-refractivity contribution in [2.45, 2.75) is 6.42 Å². The van der Waals surface area contributed by atoms with Crippen molar-refractivity contribution in [2.24, 2.45) is 0 Å². The van der Waals surface area contributed by atoms with Gasteiger partial charge >= 0.3 is 5.97 Å². The fraction of sp³-hybridized carbons (Fsp3) is 0.182. The van der Waals surface area contributed by atoms with Crippen molar-refractivity contribution >= 4 is 28.6 Å². The van der Waals surface area contributed by atoms with Crippen molar-refractivity contribution in [3.63, 3.8) is 0 Å². The number of benzene rings is 1. The van der Waals surface area contributed by atoms with Crippen molar-refractivity contribution in [3.05, 3.63) is 40.0 Å². The molecule has 0 amide bonds. The molecule has 0 heterocycles. The molecular weight excluding hydrogens is 307 g/mol. The van der Waals surface area contributed by atoms with Gasteiger partial charge in [-0.2, -0.15) is 0 Å².